The molecule has 10 heavy (non-hydrogen) atoms. The van der Waals surface area contributed by atoms with Crippen molar-refractivity contribution in [3.8, 4) is 0 Å². The summed E-state index contributed by atoms with van der Waals surface area (Å²) in [5.74, 6) is 0. The van der Waals surface area contributed by atoms with Gasteiger partial charge in [0, 0.05) is 18.0 Å². The van der Waals surface area contributed by atoms with Crippen LogP contribution in [-0.2, 0) is 0 Å². The second-order valence-electron chi connectivity index (χ2n) is 2.30. The van der Waals surface area contributed by atoms with Crippen LogP contribution in [0.15, 0.2) is 24.5 Å². The number of aromatic nitrogens is 1. The molecule has 1 aromatic heterocycles. The highest BCUT2D eigenvalue weighted by Gasteiger charge is 1.99. The Hall–Kier alpha value is -0.890. The first-order valence-electron chi connectivity index (χ1n) is 3.37. The third-order valence-electron chi connectivity index (χ3n) is 1.59. The predicted molar refractivity (Wildman–Crippen MR) is 39.9 cm³/mol. The number of nitrogens with zero attached hydrogens (tertiary/aromatic N) is 1. The van der Waals surface area contributed by atoms with Gasteiger partial charge in [-0.05, 0) is 19.1 Å². The zero-order chi connectivity index (χ0) is 7.40. The van der Waals surface area contributed by atoms with Gasteiger partial charge in [-0.1, -0.05) is 0 Å². The highest BCUT2D eigenvalue weighted by Crippen LogP contribution is 2.04. The quantitative estimate of drug-likeness (QED) is 0.589. The third-order valence-corrected chi connectivity index (χ3v) is 1.59. The van der Waals surface area contributed by atoms with Crippen molar-refractivity contribution in [2.75, 3.05) is 0 Å². The molecule has 0 bridgehead atoms. The minimum Gasteiger partial charge on any atom is -0.473 e. The van der Waals surface area contributed by atoms with Gasteiger partial charge in [-0.3, -0.25) is 4.98 Å². The molecule has 0 aliphatic carbocycles. The van der Waals surface area contributed by atoms with Gasteiger partial charge in [0.05, 0.1) is 6.04 Å². The van der Waals surface area contributed by atoms with Gasteiger partial charge in [-0.25, -0.2) is 0 Å². The maximum Gasteiger partial charge on any atom is 0.0849 e. The van der Waals surface area contributed by atoms with Crippen LogP contribution in [0.5, 0.6) is 0 Å². The topological polar surface area (TPSA) is 29.5 Å². The molecular formula is C8H12N2. The molecule has 0 saturated carbocycles. The minimum atomic E-state index is 0.433. The van der Waals surface area contributed by atoms with E-state index in [9.17, 15) is 0 Å². The van der Waals surface area contributed by atoms with Crippen molar-refractivity contribution in [1.29, 1.82) is 0 Å². The van der Waals surface area contributed by atoms with E-state index in [2.05, 4.69) is 19.0 Å². The maximum atomic E-state index is 3.93. The fourth-order valence-corrected chi connectivity index (χ4v) is 0.803. The second kappa shape index (κ2) is 3.32. The lowest BCUT2D eigenvalue weighted by Gasteiger charge is -2.09. The van der Waals surface area contributed by atoms with Crippen molar-refractivity contribution < 1.29 is 5.32 Å². The minimum absolute atomic E-state index is 0.433. The molecule has 0 aromatic carbocycles. The number of nitrogens with two attached hydrogens (primary N) is 1. The van der Waals surface area contributed by atoms with Gasteiger partial charge in [-0.15, -0.1) is 0 Å². The van der Waals surface area contributed by atoms with E-state index in [1.807, 2.05) is 17.4 Å². The first-order valence-corrected chi connectivity index (χ1v) is 3.37. The van der Waals surface area contributed by atoms with E-state index in [1.165, 1.54) is 5.56 Å². The molecule has 2 N–H and O–H groups in total. The van der Waals surface area contributed by atoms with Crippen LogP contribution < -0.4 is 5.32 Å². The Morgan fingerprint density at radius 1 is 1.50 bits per heavy atom. The number of pyridine rings is 1. The van der Waals surface area contributed by atoms with Gasteiger partial charge in [0.1, 0.15) is 0 Å². The van der Waals surface area contributed by atoms with E-state index in [0.29, 0.717) is 6.04 Å². The molecule has 1 atom stereocenters. The Labute approximate surface area is 61.3 Å². The highest BCUT2D eigenvalue weighted by molar-refractivity contribution is 5.11. The molecule has 0 saturated heterocycles. The molecule has 1 unspecified atom stereocenters. The molecule has 1 aromatic rings. The van der Waals surface area contributed by atoms with E-state index in [4.69, 9.17) is 0 Å². The molecule has 2 nitrogen and oxygen atoms in total. The van der Waals surface area contributed by atoms with Crippen LogP contribution in [0.3, 0.4) is 0 Å². The van der Waals surface area contributed by atoms with Crippen molar-refractivity contribution >= 4 is 0 Å². The Morgan fingerprint density at radius 2 is 2.10 bits per heavy atom. The maximum absolute atomic E-state index is 3.93. The summed E-state index contributed by atoms with van der Waals surface area (Å²) in [5, 5.41) is 1.93. The monoisotopic (exact) mass is 136 g/mol. The van der Waals surface area contributed by atoms with Gasteiger partial charge >= 0.3 is 0 Å². The summed E-state index contributed by atoms with van der Waals surface area (Å²) >= 11 is 0. The molecule has 0 fully saturated rings. The van der Waals surface area contributed by atoms with Crippen LogP contribution in [0.1, 0.15) is 18.5 Å². The van der Waals surface area contributed by atoms with Crippen molar-refractivity contribution in [2.24, 2.45) is 0 Å². The van der Waals surface area contributed by atoms with Gasteiger partial charge < -0.3 is 5.32 Å². The van der Waals surface area contributed by atoms with Crippen molar-refractivity contribution in [1.82, 2.24) is 4.98 Å². The molecular weight excluding hydrogens is 124 g/mol. The van der Waals surface area contributed by atoms with Gasteiger partial charge in [0.2, 0.25) is 0 Å². The number of quaternary nitrogens is 1. The van der Waals surface area contributed by atoms with Crippen molar-refractivity contribution in [3.05, 3.63) is 37.1 Å². The second-order valence-corrected chi connectivity index (χ2v) is 2.30. The average Bonchev–Trinajstić information content (AvgIpc) is 2.05. The number of hydrogen-bond donors (Lipinski definition) is 1. The Morgan fingerprint density at radius 3 is 2.60 bits per heavy atom. The van der Waals surface area contributed by atoms with Crippen LogP contribution in [0.4, 0.5) is 0 Å². The van der Waals surface area contributed by atoms with Crippen LogP contribution in [-0.4, -0.2) is 4.98 Å². The summed E-state index contributed by atoms with van der Waals surface area (Å²) in [6.45, 7) is 2.11. The van der Waals surface area contributed by atoms with Crippen molar-refractivity contribution in [2.45, 2.75) is 13.0 Å². The van der Waals surface area contributed by atoms with Crippen LogP contribution in [0.25, 0.3) is 0 Å². The Balaban J connectivity index is 2.75. The van der Waals surface area contributed by atoms with E-state index in [-0.39, 0.29) is 0 Å². The Bertz CT molecular complexity index is 184. The average molecular weight is 136 g/mol. The molecule has 0 radical (unpaired) electrons. The first kappa shape index (κ1) is 7.22. The third kappa shape index (κ3) is 1.54. The molecule has 0 aliphatic heterocycles. The standard InChI is InChI=1S/C8H12N2/c1-7(9-2)8-3-5-10-6-4-8/h3-7H,2,9H2,1H3. The SMILES string of the molecule is [CH2-][NH2+]C(C)c1ccncc1. The number of hydrogen-bond acceptors (Lipinski definition) is 1. The lowest BCUT2D eigenvalue weighted by atomic mass is 10.1. The van der Waals surface area contributed by atoms with E-state index in [0.717, 1.165) is 0 Å². The molecule has 2 heteroatoms. The smallest absolute Gasteiger partial charge is 0.0849 e. The summed E-state index contributed by atoms with van der Waals surface area (Å²) in [7, 11) is 3.72. The molecule has 0 amide bonds. The van der Waals surface area contributed by atoms with Gasteiger partial charge in [-0.2, -0.15) is 7.05 Å². The fourth-order valence-electron chi connectivity index (χ4n) is 0.803. The fraction of sp³-hybridized carbons (Fsp3) is 0.250. The Kier molecular flexibility index (Phi) is 2.40. The largest absolute Gasteiger partial charge is 0.473 e. The zero-order valence-electron chi connectivity index (χ0n) is 6.12. The van der Waals surface area contributed by atoms with Crippen LogP contribution in [0.2, 0.25) is 0 Å². The van der Waals surface area contributed by atoms with Crippen molar-refractivity contribution in [3.63, 3.8) is 0 Å². The summed E-state index contributed by atoms with van der Waals surface area (Å²) in [4.78, 5) is 3.93. The van der Waals surface area contributed by atoms with Gasteiger partial charge in [0.25, 0.3) is 0 Å². The first-order chi connectivity index (χ1) is 4.84. The lowest BCUT2D eigenvalue weighted by Crippen LogP contribution is -2.77. The zero-order valence-corrected chi connectivity index (χ0v) is 6.12. The molecule has 0 spiro atoms. The van der Waals surface area contributed by atoms with Gasteiger partial charge in [0.15, 0.2) is 0 Å². The summed E-state index contributed by atoms with van der Waals surface area (Å²) in [6, 6.07) is 4.45. The predicted octanol–water partition coefficient (Wildman–Crippen LogP) is 0.498. The number of rotatable bonds is 2. The molecule has 1 heterocycles. The normalized spacial score (nSPS) is 13.0. The van der Waals surface area contributed by atoms with E-state index in [1.54, 1.807) is 12.4 Å². The summed E-state index contributed by atoms with van der Waals surface area (Å²) in [6.07, 6.45) is 3.60. The lowest BCUT2D eigenvalue weighted by molar-refractivity contribution is -0.637. The van der Waals surface area contributed by atoms with E-state index < -0.39 is 0 Å². The summed E-state index contributed by atoms with van der Waals surface area (Å²) < 4.78 is 0. The highest BCUT2D eigenvalue weighted by atomic mass is 14.9. The summed E-state index contributed by atoms with van der Waals surface area (Å²) in [5.41, 5.74) is 1.27. The molecule has 0 aliphatic rings. The van der Waals surface area contributed by atoms with Crippen LogP contribution >= 0.6 is 0 Å². The van der Waals surface area contributed by atoms with Crippen LogP contribution in [0, 0.1) is 7.05 Å². The van der Waals surface area contributed by atoms with E-state index >= 15 is 0 Å². The molecule has 1 rings (SSSR count). The molecule has 54 valence electrons.